The molecule has 0 saturated carbocycles. The third-order valence-electron chi connectivity index (χ3n) is 4.49. The second kappa shape index (κ2) is 7.49. The van der Waals surface area contributed by atoms with E-state index in [0.717, 1.165) is 18.4 Å². The van der Waals surface area contributed by atoms with Gasteiger partial charge in [0.15, 0.2) is 5.75 Å². The molecule has 1 aromatic heterocycles. The fourth-order valence-corrected chi connectivity index (χ4v) is 3.01. The molecule has 0 aliphatic rings. The van der Waals surface area contributed by atoms with Crippen LogP contribution in [0.3, 0.4) is 0 Å². The molecule has 0 fully saturated rings. The fraction of sp³-hybridized carbons (Fsp3) is 0.389. The van der Waals surface area contributed by atoms with Crippen LogP contribution in [0.1, 0.15) is 55.5 Å². The topological polar surface area (TPSA) is 59.7 Å². The molecule has 0 saturated heterocycles. The summed E-state index contributed by atoms with van der Waals surface area (Å²) in [7, 11) is 0. The van der Waals surface area contributed by atoms with Gasteiger partial charge in [0.25, 0.3) is 0 Å². The summed E-state index contributed by atoms with van der Waals surface area (Å²) in [5.41, 5.74) is 1.07. The van der Waals surface area contributed by atoms with Crippen LogP contribution in [0.2, 0.25) is 10.0 Å². The van der Waals surface area contributed by atoms with Gasteiger partial charge in [0, 0.05) is 0 Å². The van der Waals surface area contributed by atoms with Gasteiger partial charge in [-0.1, -0.05) is 44.0 Å². The Hall–Kier alpha value is -1.65. The highest BCUT2D eigenvalue weighted by Crippen LogP contribution is 2.40. The van der Waals surface area contributed by atoms with Crippen molar-refractivity contribution in [2.75, 3.05) is 0 Å². The number of ether oxygens (including phenoxy) is 1. The Bertz CT molecular complexity index is 709. The van der Waals surface area contributed by atoms with E-state index in [1.54, 1.807) is 6.07 Å². The predicted molar refractivity (Wildman–Crippen MR) is 94.4 cm³/mol. The number of carboxylic acids is 1. The number of furan rings is 1. The van der Waals surface area contributed by atoms with Crippen LogP contribution in [0.15, 0.2) is 28.7 Å². The monoisotopic (exact) mass is 370 g/mol. The van der Waals surface area contributed by atoms with Gasteiger partial charge < -0.3 is 14.3 Å². The van der Waals surface area contributed by atoms with Crippen LogP contribution >= 0.6 is 23.2 Å². The number of hydrogen-bond acceptors (Lipinski definition) is 3. The van der Waals surface area contributed by atoms with Gasteiger partial charge in [0.05, 0.1) is 10.0 Å². The van der Waals surface area contributed by atoms with E-state index >= 15 is 0 Å². The Labute approximate surface area is 151 Å². The third kappa shape index (κ3) is 3.87. The van der Waals surface area contributed by atoms with Crippen LogP contribution in [0, 0.1) is 0 Å². The van der Waals surface area contributed by atoms with Crippen LogP contribution in [-0.2, 0) is 12.0 Å². The van der Waals surface area contributed by atoms with Crippen LogP contribution in [0.25, 0.3) is 0 Å². The molecule has 0 aliphatic heterocycles. The predicted octanol–water partition coefficient (Wildman–Crippen LogP) is 5.94. The zero-order chi connectivity index (χ0) is 17.9. The second-order valence-electron chi connectivity index (χ2n) is 5.90. The first-order valence-electron chi connectivity index (χ1n) is 7.75. The first kappa shape index (κ1) is 18.7. The summed E-state index contributed by atoms with van der Waals surface area (Å²) < 4.78 is 10.8. The van der Waals surface area contributed by atoms with E-state index in [2.05, 4.69) is 20.8 Å². The molecule has 0 atom stereocenters. The number of halogens is 2. The van der Waals surface area contributed by atoms with Crippen molar-refractivity contribution in [3.05, 3.63) is 51.4 Å². The summed E-state index contributed by atoms with van der Waals surface area (Å²) in [5, 5.41) is 9.70. The molecular formula is C18H20Cl2O4. The van der Waals surface area contributed by atoms with Crippen molar-refractivity contribution >= 4 is 29.2 Å². The normalized spacial score (nSPS) is 11.5. The molecular weight excluding hydrogens is 351 g/mol. The number of carbonyl (C=O) groups is 1. The zero-order valence-corrected chi connectivity index (χ0v) is 15.4. The van der Waals surface area contributed by atoms with Crippen molar-refractivity contribution in [2.24, 2.45) is 0 Å². The minimum absolute atomic E-state index is 0.00318. The maximum atomic E-state index is 10.8. The minimum atomic E-state index is -1.12. The Morgan fingerprint density at radius 1 is 1.21 bits per heavy atom. The number of carboxylic acid groups (broad SMARTS) is 1. The number of hydrogen-bond donors (Lipinski definition) is 1. The highest BCUT2D eigenvalue weighted by Gasteiger charge is 2.25. The van der Waals surface area contributed by atoms with E-state index < -0.39 is 5.97 Å². The summed E-state index contributed by atoms with van der Waals surface area (Å²) in [6.45, 7) is 6.48. The van der Waals surface area contributed by atoms with Gasteiger partial charge in [0.2, 0.25) is 5.76 Å². The smallest absolute Gasteiger partial charge is 0.371 e. The summed E-state index contributed by atoms with van der Waals surface area (Å²) in [4.78, 5) is 10.8. The largest absolute Gasteiger partial charge is 0.483 e. The van der Waals surface area contributed by atoms with Gasteiger partial charge in [-0.2, -0.15) is 0 Å². The standard InChI is InChI=1S/C18H20Cl2O4/c1-4-18(3,5-2)11-8-13(19)16(14(20)9-11)23-10-12-6-7-15(24-12)17(21)22/h6-9H,4-5,10H2,1-3H3,(H,21,22). The molecule has 2 aromatic rings. The lowest BCUT2D eigenvalue weighted by atomic mass is 9.78. The molecule has 130 valence electrons. The van der Waals surface area contributed by atoms with Crippen molar-refractivity contribution in [1.82, 2.24) is 0 Å². The molecule has 2 rings (SSSR count). The van der Waals surface area contributed by atoms with Crippen molar-refractivity contribution in [3.8, 4) is 5.75 Å². The first-order chi connectivity index (χ1) is 11.3. The molecule has 0 radical (unpaired) electrons. The molecule has 24 heavy (non-hydrogen) atoms. The summed E-state index contributed by atoms with van der Waals surface area (Å²) >= 11 is 12.7. The van der Waals surface area contributed by atoms with E-state index in [0.29, 0.717) is 21.6 Å². The van der Waals surface area contributed by atoms with E-state index in [-0.39, 0.29) is 17.8 Å². The Morgan fingerprint density at radius 2 is 1.79 bits per heavy atom. The van der Waals surface area contributed by atoms with Gasteiger partial charge in [-0.3, -0.25) is 0 Å². The summed E-state index contributed by atoms with van der Waals surface area (Å²) in [6.07, 6.45) is 1.95. The lowest BCUT2D eigenvalue weighted by Gasteiger charge is -2.28. The molecule has 1 heterocycles. The number of aromatic carboxylic acids is 1. The molecule has 1 N–H and O–H groups in total. The fourth-order valence-electron chi connectivity index (χ4n) is 2.42. The van der Waals surface area contributed by atoms with Crippen LogP contribution in [0.4, 0.5) is 0 Å². The maximum Gasteiger partial charge on any atom is 0.371 e. The van der Waals surface area contributed by atoms with Gasteiger partial charge in [-0.05, 0) is 48.1 Å². The summed E-state index contributed by atoms with van der Waals surface area (Å²) in [6, 6.07) is 6.67. The Kier molecular flexibility index (Phi) is 5.83. The molecule has 6 heteroatoms. The van der Waals surface area contributed by atoms with Crippen LogP contribution in [-0.4, -0.2) is 11.1 Å². The van der Waals surface area contributed by atoms with E-state index in [9.17, 15) is 4.79 Å². The first-order valence-corrected chi connectivity index (χ1v) is 8.50. The average Bonchev–Trinajstić information content (AvgIpc) is 3.02. The number of rotatable bonds is 7. The molecule has 0 aliphatic carbocycles. The quantitative estimate of drug-likeness (QED) is 0.654. The molecule has 0 amide bonds. The maximum absolute atomic E-state index is 10.8. The lowest BCUT2D eigenvalue weighted by molar-refractivity contribution is 0.0658. The highest BCUT2D eigenvalue weighted by molar-refractivity contribution is 6.37. The molecule has 0 unspecified atom stereocenters. The Balaban J connectivity index is 2.20. The van der Waals surface area contributed by atoms with E-state index in [1.807, 2.05) is 12.1 Å². The third-order valence-corrected chi connectivity index (χ3v) is 5.05. The van der Waals surface area contributed by atoms with Gasteiger partial charge >= 0.3 is 5.97 Å². The highest BCUT2D eigenvalue weighted by atomic mass is 35.5. The minimum Gasteiger partial charge on any atom is -0.483 e. The average molecular weight is 371 g/mol. The summed E-state index contributed by atoms with van der Waals surface area (Å²) in [5.74, 6) is -0.511. The zero-order valence-electron chi connectivity index (χ0n) is 13.9. The molecule has 0 bridgehead atoms. The van der Waals surface area contributed by atoms with Crippen LogP contribution < -0.4 is 4.74 Å². The SMILES string of the molecule is CCC(C)(CC)c1cc(Cl)c(OCc2ccc(C(=O)O)o2)c(Cl)c1. The second-order valence-corrected chi connectivity index (χ2v) is 6.71. The van der Waals surface area contributed by atoms with Gasteiger partial charge in [-0.25, -0.2) is 4.79 Å². The molecule has 4 nitrogen and oxygen atoms in total. The van der Waals surface area contributed by atoms with Crippen molar-refractivity contribution in [3.63, 3.8) is 0 Å². The number of benzene rings is 1. The van der Waals surface area contributed by atoms with Gasteiger partial charge in [-0.15, -0.1) is 0 Å². The molecule has 0 spiro atoms. The van der Waals surface area contributed by atoms with Crippen LogP contribution in [0.5, 0.6) is 5.75 Å². The van der Waals surface area contributed by atoms with Crippen molar-refractivity contribution in [1.29, 1.82) is 0 Å². The van der Waals surface area contributed by atoms with Crippen molar-refractivity contribution < 1.29 is 19.1 Å². The van der Waals surface area contributed by atoms with Crippen molar-refractivity contribution in [2.45, 2.75) is 45.6 Å². The molecule has 1 aromatic carbocycles. The Morgan fingerprint density at radius 3 is 2.25 bits per heavy atom. The van der Waals surface area contributed by atoms with E-state index in [4.69, 9.17) is 37.5 Å². The van der Waals surface area contributed by atoms with E-state index in [1.165, 1.54) is 6.07 Å². The van der Waals surface area contributed by atoms with Gasteiger partial charge in [0.1, 0.15) is 12.4 Å². The lowest BCUT2D eigenvalue weighted by Crippen LogP contribution is -2.19.